The molecule has 0 N–H and O–H groups in total. The van der Waals surface area contributed by atoms with Crippen LogP contribution in [0.25, 0.3) is 0 Å². The predicted molar refractivity (Wildman–Crippen MR) is 102 cm³/mol. The summed E-state index contributed by atoms with van der Waals surface area (Å²) in [6, 6.07) is 4.28. The van der Waals surface area contributed by atoms with Crippen molar-refractivity contribution in [3.8, 4) is 11.5 Å². The predicted octanol–water partition coefficient (Wildman–Crippen LogP) is 5.48. The van der Waals surface area contributed by atoms with Gasteiger partial charge in [0.2, 0.25) is 8.32 Å². The zero-order valence-corrected chi connectivity index (χ0v) is 17.3. The molecule has 0 fully saturated rings. The second kappa shape index (κ2) is 7.22. The molecule has 1 aliphatic carbocycles. The van der Waals surface area contributed by atoms with Gasteiger partial charge in [0.15, 0.2) is 11.5 Å². The Morgan fingerprint density at radius 1 is 1.08 bits per heavy atom. The molecule has 134 valence electrons. The minimum atomic E-state index is -1.51. The molecule has 1 aromatic rings. The van der Waals surface area contributed by atoms with E-state index in [2.05, 4.69) is 44.8 Å². The molecule has 0 heterocycles. The highest BCUT2D eigenvalue weighted by Gasteiger charge is 2.31. The zero-order chi connectivity index (χ0) is 18.0. The van der Waals surface area contributed by atoms with Gasteiger partial charge in [0.25, 0.3) is 0 Å². The lowest BCUT2D eigenvalue weighted by molar-refractivity contribution is 0.343. The smallest absolute Gasteiger partial charge is 0.241 e. The first-order valence-corrected chi connectivity index (χ1v) is 12.2. The summed E-state index contributed by atoms with van der Waals surface area (Å²) in [5, 5.41) is 0. The fourth-order valence-electron chi connectivity index (χ4n) is 3.41. The van der Waals surface area contributed by atoms with Gasteiger partial charge in [0, 0.05) is 6.42 Å². The third-order valence-corrected chi connectivity index (χ3v) is 5.53. The first-order valence-electron chi connectivity index (χ1n) is 8.79. The van der Waals surface area contributed by atoms with Crippen molar-refractivity contribution in [2.75, 3.05) is 14.2 Å². The minimum absolute atomic E-state index is 0.206. The quantitative estimate of drug-likeness (QED) is 0.611. The molecule has 1 aliphatic rings. The molecule has 0 radical (unpaired) electrons. The second-order valence-electron chi connectivity index (χ2n) is 8.09. The minimum Gasteiger partial charge on any atom is -0.548 e. The highest BCUT2D eigenvalue weighted by molar-refractivity contribution is 6.70. The van der Waals surface area contributed by atoms with E-state index in [-0.39, 0.29) is 5.41 Å². The Hall–Kier alpha value is -1.42. The third-order valence-electron chi connectivity index (χ3n) is 4.65. The van der Waals surface area contributed by atoms with Crippen molar-refractivity contribution in [1.29, 1.82) is 0 Å². The van der Waals surface area contributed by atoms with E-state index in [9.17, 15) is 0 Å². The fourth-order valence-corrected chi connectivity index (χ4v) is 4.36. The normalized spacial score (nSPS) is 20.7. The topological polar surface area (TPSA) is 27.7 Å². The van der Waals surface area contributed by atoms with Crippen molar-refractivity contribution in [2.45, 2.75) is 59.2 Å². The molecule has 0 aromatic heterocycles. The van der Waals surface area contributed by atoms with Crippen molar-refractivity contribution < 1.29 is 13.9 Å². The van der Waals surface area contributed by atoms with Crippen LogP contribution in [-0.2, 0) is 10.8 Å². The van der Waals surface area contributed by atoms with Crippen LogP contribution in [-0.4, -0.2) is 22.5 Å². The molecule has 0 saturated carbocycles. The van der Waals surface area contributed by atoms with E-state index >= 15 is 0 Å². The van der Waals surface area contributed by atoms with Crippen molar-refractivity contribution >= 4 is 8.32 Å². The first-order chi connectivity index (χ1) is 11.2. The maximum Gasteiger partial charge on any atom is 0.241 e. The lowest BCUT2D eigenvalue weighted by Gasteiger charge is -2.23. The molecule has 24 heavy (non-hydrogen) atoms. The summed E-state index contributed by atoms with van der Waals surface area (Å²) >= 11 is 0. The molecule has 0 aliphatic heterocycles. The van der Waals surface area contributed by atoms with E-state index in [0.29, 0.717) is 0 Å². The van der Waals surface area contributed by atoms with Gasteiger partial charge >= 0.3 is 0 Å². The number of hydrogen-bond donors (Lipinski definition) is 0. The number of methoxy groups -OCH3 is 2. The number of ether oxygens (including phenoxy) is 2. The fraction of sp³-hybridized carbons (Fsp3) is 0.600. The van der Waals surface area contributed by atoms with Gasteiger partial charge in [0.1, 0.15) is 0 Å². The number of benzene rings is 1. The van der Waals surface area contributed by atoms with Gasteiger partial charge < -0.3 is 13.9 Å². The molecular weight excluding hydrogens is 316 g/mol. The van der Waals surface area contributed by atoms with Gasteiger partial charge in [0.05, 0.1) is 20.0 Å². The molecule has 0 spiro atoms. The molecule has 0 amide bonds. The molecule has 1 atom stereocenters. The summed E-state index contributed by atoms with van der Waals surface area (Å²) < 4.78 is 17.3. The van der Waals surface area contributed by atoms with Gasteiger partial charge in [-0.15, -0.1) is 0 Å². The molecule has 3 nitrogen and oxygen atoms in total. The van der Waals surface area contributed by atoms with Gasteiger partial charge in [-0.25, -0.2) is 0 Å². The number of hydrogen-bond acceptors (Lipinski definition) is 3. The average molecular weight is 349 g/mol. The maximum atomic E-state index is 6.20. The Morgan fingerprint density at radius 3 is 2.33 bits per heavy atom. The average Bonchev–Trinajstić information content (AvgIpc) is 2.85. The number of allylic oxidation sites excluding steroid dienone is 2. The van der Waals surface area contributed by atoms with Gasteiger partial charge in [-0.3, -0.25) is 0 Å². The standard InChI is InChI=1S/C20H32O3Si/c1-15-8-9-16(19(22-4)18(15)21-3)10-12-20(2)13-11-17(14-20)23-24(5,6)7/h8-9,14H,10-13H2,1-7H3. The monoisotopic (exact) mass is 348 g/mol. The van der Waals surface area contributed by atoms with Crippen molar-refractivity contribution in [3.05, 3.63) is 35.1 Å². The Kier molecular flexibility index (Phi) is 5.69. The van der Waals surface area contributed by atoms with E-state index in [1.165, 1.54) is 11.3 Å². The van der Waals surface area contributed by atoms with Gasteiger partial charge in [-0.1, -0.05) is 19.1 Å². The van der Waals surface area contributed by atoms with E-state index in [1.807, 2.05) is 6.92 Å². The summed E-state index contributed by atoms with van der Waals surface area (Å²) in [5.74, 6) is 2.93. The van der Waals surface area contributed by atoms with Crippen LogP contribution in [0.5, 0.6) is 11.5 Å². The third kappa shape index (κ3) is 4.56. The summed E-state index contributed by atoms with van der Waals surface area (Å²) in [5.41, 5.74) is 2.53. The highest BCUT2D eigenvalue weighted by atomic mass is 28.4. The summed E-state index contributed by atoms with van der Waals surface area (Å²) in [6.45, 7) is 11.1. The van der Waals surface area contributed by atoms with Gasteiger partial charge in [-0.2, -0.15) is 0 Å². The molecule has 0 saturated heterocycles. The molecule has 4 heteroatoms. The highest BCUT2D eigenvalue weighted by Crippen LogP contribution is 2.42. The van der Waals surface area contributed by atoms with Crippen molar-refractivity contribution in [2.24, 2.45) is 5.41 Å². The molecule has 2 rings (SSSR count). The molecule has 0 bridgehead atoms. The molecular formula is C20H32O3Si. The first kappa shape index (κ1) is 18.9. The Balaban J connectivity index is 2.11. The van der Waals surface area contributed by atoms with E-state index in [0.717, 1.165) is 42.7 Å². The SMILES string of the molecule is COc1c(C)ccc(CCC2(C)C=C(O[Si](C)(C)C)CC2)c1OC. The number of aryl methyl sites for hydroxylation is 2. The van der Waals surface area contributed by atoms with Crippen LogP contribution in [0.1, 0.15) is 37.3 Å². The zero-order valence-electron chi connectivity index (χ0n) is 16.3. The molecule has 1 aromatic carbocycles. The maximum absolute atomic E-state index is 6.20. The van der Waals surface area contributed by atoms with E-state index < -0.39 is 8.32 Å². The lowest BCUT2D eigenvalue weighted by atomic mass is 9.83. The van der Waals surface area contributed by atoms with Crippen LogP contribution in [0, 0.1) is 12.3 Å². The molecule has 1 unspecified atom stereocenters. The lowest BCUT2D eigenvalue weighted by Crippen LogP contribution is -2.24. The van der Waals surface area contributed by atoms with Crippen LogP contribution in [0.2, 0.25) is 19.6 Å². The van der Waals surface area contributed by atoms with Crippen LogP contribution >= 0.6 is 0 Å². The van der Waals surface area contributed by atoms with Gasteiger partial charge in [-0.05, 0) is 68.4 Å². The Labute approximate surface area is 148 Å². The number of rotatable bonds is 7. The summed E-state index contributed by atoms with van der Waals surface area (Å²) in [7, 11) is 1.91. The van der Waals surface area contributed by atoms with E-state index in [1.54, 1.807) is 14.2 Å². The van der Waals surface area contributed by atoms with Crippen LogP contribution in [0.4, 0.5) is 0 Å². The van der Waals surface area contributed by atoms with Crippen LogP contribution < -0.4 is 9.47 Å². The van der Waals surface area contributed by atoms with Crippen LogP contribution in [0.3, 0.4) is 0 Å². The largest absolute Gasteiger partial charge is 0.548 e. The van der Waals surface area contributed by atoms with E-state index in [4.69, 9.17) is 13.9 Å². The Bertz CT molecular complexity index is 616. The Morgan fingerprint density at radius 2 is 1.75 bits per heavy atom. The summed E-state index contributed by atoms with van der Waals surface area (Å²) in [6.07, 6.45) is 6.66. The second-order valence-corrected chi connectivity index (χ2v) is 12.5. The van der Waals surface area contributed by atoms with Crippen molar-refractivity contribution in [3.63, 3.8) is 0 Å². The van der Waals surface area contributed by atoms with Crippen LogP contribution in [0.15, 0.2) is 24.0 Å². The van der Waals surface area contributed by atoms with Crippen molar-refractivity contribution in [1.82, 2.24) is 0 Å². The summed E-state index contributed by atoms with van der Waals surface area (Å²) in [4.78, 5) is 0.